The van der Waals surface area contributed by atoms with E-state index in [4.69, 9.17) is 5.73 Å². The third kappa shape index (κ3) is 2.17. The van der Waals surface area contributed by atoms with Crippen LogP contribution >= 0.6 is 0 Å². The molecule has 1 aliphatic carbocycles. The number of nitrogens with two attached hydrogens (primary N) is 1. The molecular formula is C14H21N. The van der Waals surface area contributed by atoms with Crippen molar-refractivity contribution in [3.8, 4) is 0 Å². The number of benzene rings is 1. The predicted molar refractivity (Wildman–Crippen MR) is 66.2 cm³/mol. The molecule has 0 aromatic heterocycles. The van der Waals surface area contributed by atoms with Crippen LogP contribution in [0.2, 0.25) is 0 Å². The van der Waals surface area contributed by atoms with Crippen molar-refractivity contribution >= 4 is 5.69 Å². The van der Waals surface area contributed by atoms with Gasteiger partial charge in [0.05, 0.1) is 0 Å². The van der Waals surface area contributed by atoms with Gasteiger partial charge in [0.2, 0.25) is 0 Å². The first-order chi connectivity index (χ1) is 7.26. The molecule has 0 atom stereocenters. The second-order valence-electron chi connectivity index (χ2n) is 4.63. The molecule has 82 valence electrons. The van der Waals surface area contributed by atoms with Gasteiger partial charge >= 0.3 is 0 Å². The molecule has 0 unspecified atom stereocenters. The molecule has 0 saturated heterocycles. The molecule has 1 aliphatic rings. The van der Waals surface area contributed by atoms with E-state index in [1.54, 1.807) is 0 Å². The second-order valence-corrected chi connectivity index (χ2v) is 4.63. The Labute approximate surface area is 92.7 Å². The van der Waals surface area contributed by atoms with Crippen LogP contribution in [-0.4, -0.2) is 0 Å². The third-order valence-electron chi connectivity index (χ3n) is 3.32. The minimum Gasteiger partial charge on any atom is -0.398 e. The zero-order chi connectivity index (χ0) is 10.8. The molecule has 2 rings (SSSR count). The highest BCUT2D eigenvalue weighted by atomic mass is 14.6. The largest absolute Gasteiger partial charge is 0.398 e. The lowest BCUT2D eigenvalue weighted by atomic mass is 9.95. The minimum atomic E-state index is 0.769. The molecule has 1 saturated carbocycles. The van der Waals surface area contributed by atoms with E-state index >= 15 is 0 Å². The first-order valence-corrected chi connectivity index (χ1v) is 6.17. The number of nitrogen functional groups attached to an aromatic ring is 1. The lowest BCUT2D eigenvalue weighted by Crippen LogP contribution is -2.00. The molecule has 1 fully saturated rings. The molecule has 1 aromatic rings. The van der Waals surface area contributed by atoms with Crippen molar-refractivity contribution in [2.75, 3.05) is 5.73 Å². The smallest absolute Gasteiger partial charge is 0.0352 e. The summed E-state index contributed by atoms with van der Waals surface area (Å²) in [7, 11) is 0. The number of rotatable bonds is 4. The average molecular weight is 203 g/mol. The van der Waals surface area contributed by atoms with Crippen molar-refractivity contribution in [3.05, 3.63) is 28.8 Å². The van der Waals surface area contributed by atoms with E-state index in [1.807, 2.05) is 0 Å². The van der Waals surface area contributed by atoms with Crippen molar-refractivity contribution in [3.63, 3.8) is 0 Å². The Morgan fingerprint density at radius 2 is 1.93 bits per heavy atom. The zero-order valence-corrected chi connectivity index (χ0v) is 9.84. The Kier molecular flexibility index (Phi) is 2.99. The Morgan fingerprint density at radius 1 is 1.20 bits per heavy atom. The standard InChI is InChI=1S/C14H21N/c1-3-5-12-9-14(15)13(11-6-7-11)8-10(12)4-2/h8-9,11H,3-7,15H2,1-2H3. The summed E-state index contributed by atoms with van der Waals surface area (Å²) in [6.45, 7) is 4.46. The molecule has 15 heavy (non-hydrogen) atoms. The van der Waals surface area contributed by atoms with Crippen molar-refractivity contribution in [1.82, 2.24) is 0 Å². The quantitative estimate of drug-likeness (QED) is 0.742. The van der Waals surface area contributed by atoms with Crippen molar-refractivity contribution in [1.29, 1.82) is 0 Å². The third-order valence-corrected chi connectivity index (χ3v) is 3.32. The van der Waals surface area contributed by atoms with Gasteiger partial charge in [-0.25, -0.2) is 0 Å². The fourth-order valence-electron chi connectivity index (χ4n) is 2.31. The molecule has 1 aromatic carbocycles. The van der Waals surface area contributed by atoms with Crippen LogP contribution < -0.4 is 5.73 Å². The number of aryl methyl sites for hydroxylation is 2. The summed E-state index contributed by atoms with van der Waals surface area (Å²) in [5.41, 5.74) is 11.5. The van der Waals surface area contributed by atoms with Crippen LogP contribution in [0.4, 0.5) is 5.69 Å². The van der Waals surface area contributed by atoms with E-state index in [1.165, 1.54) is 42.4 Å². The Balaban J connectivity index is 2.35. The van der Waals surface area contributed by atoms with Crippen LogP contribution in [0.5, 0.6) is 0 Å². The number of hydrogen-bond donors (Lipinski definition) is 1. The Morgan fingerprint density at radius 3 is 2.47 bits per heavy atom. The number of anilines is 1. The van der Waals surface area contributed by atoms with Crippen LogP contribution in [0.15, 0.2) is 12.1 Å². The minimum absolute atomic E-state index is 0.769. The van der Waals surface area contributed by atoms with Gasteiger partial charge in [-0.05, 0) is 54.4 Å². The second kappa shape index (κ2) is 4.26. The lowest BCUT2D eigenvalue weighted by Gasteiger charge is -2.12. The van der Waals surface area contributed by atoms with Gasteiger partial charge in [-0.1, -0.05) is 26.3 Å². The van der Waals surface area contributed by atoms with Gasteiger partial charge in [-0.2, -0.15) is 0 Å². The van der Waals surface area contributed by atoms with Gasteiger partial charge in [0.15, 0.2) is 0 Å². The molecular weight excluding hydrogens is 182 g/mol. The highest BCUT2D eigenvalue weighted by Gasteiger charge is 2.26. The summed E-state index contributed by atoms with van der Waals surface area (Å²) in [5.74, 6) is 0.769. The highest BCUT2D eigenvalue weighted by Crippen LogP contribution is 2.43. The molecule has 1 nitrogen and oxygen atoms in total. The van der Waals surface area contributed by atoms with Gasteiger partial charge in [-0.15, -0.1) is 0 Å². The summed E-state index contributed by atoms with van der Waals surface area (Å²) < 4.78 is 0. The average Bonchev–Trinajstić information content (AvgIpc) is 3.02. The van der Waals surface area contributed by atoms with Gasteiger partial charge < -0.3 is 5.73 Å². The molecule has 0 spiro atoms. The Bertz CT molecular complexity index is 351. The maximum absolute atomic E-state index is 6.12. The topological polar surface area (TPSA) is 26.0 Å². The predicted octanol–water partition coefficient (Wildman–Crippen LogP) is 3.66. The van der Waals surface area contributed by atoms with Gasteiger partial charge in [0.25, 0.3) is 0 Å². The van der Waals surface area contributed by atoms with Gasteiger partial charge in [0.1, 0.15) is 0 Å². The molecule has 0 aliphatic heterocycles. The van der Waals surface area contributed by atoms with E-state index < -0.39 is 0 Å². The summed E-state index contributed by atoms with van der Waals surface area (Å²) in [4.78, 5) is 0. The van der Waals surface area contributed by atoms with Crippen LogP contribution in [0, 0.1) is 0 Å². The SMILES string of the molecule is CCCc1cc(N)c(C2CC2)cc1CC. The Hall–Kier alpha value is -0.980. The van der Waals surface area contributed by atoms with Crippen molar-refractivity contribution in [2.24, 2.45) is 0 Å². The molecule has 0 amide bonds. The summed E-state index contributed by atoms with van der Waals surface area (Å²) in [5, 5.41) is 0. The fourth-order valence-corrected chi connectivity index (χ4v) is 2.31. The van der Waals surface area contributed by atoms with Gasteiger partial charge in [0, 0.05) is 5.69 Å². The van der Waals surface area contributed by atoms with E-state index in [2.05, 4.69) is 26.0 Å². The molecule has 2 N–H and O–H groups in total. The first kappa shape index (κ1) is 10.5. The molecule has 0 radical (unpaired) electrons. The van der Waals surface area contributed by atoms with E-state index in [-0.39, 0.29) is 0 Å². The van der Waals surface area contributed by atoms with Crippen molar-refractivity contribution < 1.29 is 0 Å². The van der Waals surface area contributed by atoms with Crippen LogP contribution in [0.3, 0.4) is 0 Å². The van der Waals surface area contributed by atoms with E-state index in [9.17, 15) is 0 Å². The zero-order valence-electron chi connectivity index (χ0n) is 9.84. The molecule has 0 heterocycles. The maximum Gasteiger partial charge on any atom is 0.0352 e. The van der Waals surface area contributed by atoms with Crippen LogP contribution in [0.25, 0.3) is 0 Å². The first-order valence-electron chi connectivity index (χ1n) is 6.17. The molecule has 0 bridgehead atoms. The van der Waals surface area contributed by atoms with Crippen molar-refractivity contribution in [2.45, 2.75) is 51.9 Å². The lowest BCUT2D eigenvalue weighted by molar-refractivity contribution is 0.896. The monoisotopic (exact) mass is 203 g/mol. The maximum atomic E-state index is 6.12. The van der Waals surface area contributed by atoms with Gasteiger partial charge in [-0.3, -0.25) is 0 Å². The fraction of sp³-hybridized carbons (Fsp3) is 0.571. The van der Waals surface area contributed by atoms with E-state index in [0.717, 1.165) is 18.0 Å². The summed E-state index contributed by atoms with van der Waals surface area (Å²) in [6.07, 6.45) is 6.17. The van der Waals surface area contributed by atoms with Crippen LogP contribution in [0.1, 0.15) is 55.7 Å². The molecule has 1 heteroatoms. The number of hydrogen-bond acceptors (Lipinski definition) is 1. The highest BCUT2D eigenvalue weighted by molar-refractivity contribution is 5.55. The summed E-state index contributed by atoms with van der Waals surface area (Å²) in [6, 6.07) is 4.58. The van der Waals surface area contributed by atoms with E-state index in [0.29, 0.717) is 0 Å². The normalized spacial score (nSPS) is 15.6. The summed E-state index contributed by atoms with van der Waals surface area (Å²) >= 11 is 0. The van der Waals surface area contributed by atoms with Crippen LogP contribution in [-0.2, 0) is 12.8 Å².